The van der Waals surface area contributed by atoms with Gasteiger partial charge in [0.2, 0.25) is 5.91 Å². The van der Waals surface area contributed by atoms with E-state index in [2.05, 4.69) is 0 Å². The number of anilines is 1. The Balaban J connectivity index is 2.40. The topological polar surface area (TPSA) is 143 Å². The summed E-state index contributed by atoms with van der Waals surface area (Å²) in [6.07, 6.45) is 0.145. The summed E-state index contributed by atoms with van der Waals surface area (Å²) in [4.78, 5) is 25.0. The van der Waals surface area contributed by atoms with Crippen molar-refractivity contribution in [1.82, 2.24) is 4.90 Å². The molecule has 0 bridgehead atoms. The van der Waals surface area contributed by atoms with E-state index in [0.29, 0.717) is 44.2 Å². The molecule has 1 fully saturated rings. The average molecular weight is 382 g/mol. The van der Waals surface area contributed by atoms with Crippen molar-refractivity contribution in [1.29, 1.82) is 0 Å². The number of amides is 1. The first-order chi connectivity index (χ1) is 12.8. The number of rotatable bonds is 9. The van der Waals surface area contributed by atoms with Crippen molar-refractivity contribution < 1.29 is 23.9 Å². The smallest absolute Gasteiger partial charge is 0.292 e. The number of nitrogens with zero attached hydrogens (tertiary/aromatic N) is 2. The molecule has 4 N–H and O–H groups in total. The lowest BCUT2D eigenvalue weighted by Gasteiger charge is -2.41. The van der Waals surface area contributed by atoms with Crippen LogP contribution < -0.4 is 16.2 Å². The number of hydrogen-bond donors (Lipinski definition) is 2. The molecule has 0 spiro atoms. The minimum absolute atomic E-state index is 0.0108. The van der Waals surface area contributed by atoms with E-state index >= 15 is 0 Å². The number of nitro groups is 1. The Kier molecular flexibility index (Phi) is 6.94. The minimum atomic E-state index is -1.05. The van der Waals surface area contributed by atoms with Gasteiger partial charge in [-0.05, 0) is 6.92 Å². The van der Waals surface area contributed by atoms with Gasteiger partial charge >= 0.3 is 0 Å². The van der Waals surface area contributed by atoms with Gasteiger partial charge in [0.25, 0.3) is 5.69 Å². The van der Waals surface area contributed by atoms with Crippen LogP contribution in [0.15, 0.2) is 12.1 Å². The van der Waals surface area contributed by atoms with Crippen LogP contribution in [0.2, 0.25) is 0 Å². The van der Waals surface area contributed by atoms with E-state index < -0.39 is 16.4 Å². The fraction of sp³-hybridized carbons (Fsp3) is 0.588. The van der Waals surface area contributed by atoms with Crippen LogP contribution in [0.4, 0.5) is 11.4 Å². The Morgan fingerprint density at radius 1 is 1.37 bits per heavy atom. The number of benzene rings is 1. The number of methoxy groups -OCH3 is 1. The zero-order valence-electron chi connectivity index (χ0n) is 15.6. The Morgan fingerprint density at radius 2 is 2.04 bits per heavy atom. The summed E-state index contributed by atoms with van der Waals surface area (Å²) in [5, 5.41) is 11.3. The largest absolute Gasteiger partial charge is 0.491 e. The second kappa shape index (κ2) is 8.98. The van der Waals surface area contributed by atoms with Gasteiger partial charge in [-0.1, -0.05) is 0 Å². The summed E-state index contributed by atoms with van der Waals surface area (Å²) >= 11 is 0. The number of ether oxygens (including phenoxy) is 3. The summed E-state index contributed by atoms with van der Waals surface area (Å²) in [7, 11) is 1.54. The molecule has 1 aromatic rings. The Labute approximate surface area is 157 Å². The SMILES string of the molecule is COCCOc1cc(N)c([N+](=O)[O-])cc1CC(C)(C(N)=O)N1CCOCC1. The molecule has 0 saturated carbocycles. The van der Waals surface area contributed by atoms with Gasteiger partial charge in [0.05, 0.1) is 24.7 Å². The zero-order valence-corrected chi connectivity index (χ0v) is 15.6. The zero-order chi connectivity index (χ0) is 20.0. The molecule has 0 aliphatic carbocycles. The number of primary amides is 1. The number of morpholine rings is 1. The molecule has 0 radical (unpaired) electrons. The Morgan fingerprint density at radius 3 is 2.59 bits per heavy atom. The van der Waals surface area contributed by atoms with Crippen LogP contribution in [0, 0.1) is 10.1 Å². The molecule has 0 aromatic heterocycles. The van der Waals surface area contributed by atoms with Gasteiger partial charge in [-0.15, -0.1) is 0 Å². The maximum absolute atomic E-state index is 12.3. The third-order valence-corrected chi connectivity index (χ3v) is 4.73. The highest BCUT2D eigenvalue weighted by Crippen LogP contribution is 2.34. The van der Waals surface area contributed by atoms with Crippen molar-refractivity contribution in [3.05, 3.63) is 27.8 Å². The maximum Gasteiger partial charge on any atom is 0.292 e. The lowest BCUT2D eigenvalue weighted by Crippen LogP contribution is -2.60. The second-order valence-corrected chi connectivity index (χ2v) is 6.53. The molecule has 1 aliphatic rings. The molecule has 1 atom stereocenters. The monoisotopic (exact) mass is 382 g/mol. The van der Waals surface area contributed by atoms with E-state index in [-0.39, 0.29) is 24.4 Å². The third kappa shape index (κ3) is 4.85. The first-order valence-electron chi connectivity index (χ1n) is 8.61. The van der Waals surface area contributed by atoms with Gasteiger partial charge in [-0.2, -0.15) is 0 Å². The fourth-order valence-electron chi connectivity index (χ4n) is 3.08. The van der Waals surface area contributed by atoms with Gasteiger partial charge < -0.3 is 25.7 Å². The van der Waals surface area contributed by atoms with E-state index in [4.69, 9.17) is 25.7 Å². The van der Waals surface area contributed by atoms with E-state index in [9.17, 15) is 14.9 Å². The van der Waals surface area contributed by atoms with Crippen LogP contribution in [0.1, 0.15) is 12.5 Å². The molecule has 1 amide bonds. The van der Waals surface area contributed by atoms with E-state index in [0.717, 1.165) is 0 Å². The Hall–Kier alpha value is -2.43. The standard InChI is InChI=1S/C17H26N4O6/c1-17(16(19)22,20-3-5-26-6-4-20)11-12-9-14(21(23)24)13(18)10-15(12)27-8-7-25-2/h9-10H,3-8,11,18H2,1-2H3,(H2,19,22). The van der Waals surface area contributed by atoms with Crippen molar-refractivity contribution in [2.75, 3.05) is 52.4 Å². The number of carbonyl (C=O) groups excluding carboxylic acids is 1. The van der Waals surface area contributed by atoms with Crippen molar-refractivity contribution in [2.45, 2.75) is 18.9 Å². The summed E-state index contributed by atoms with van der Waals surface area (Å²) in [6, 6.07) is 2.75. The molecule has 150 valence electrons. The molecular weight excluding hydrogens is 356 g/mol. The summed E-state index contributed by atoms with van der Waals surface area (Å²) < 4.78 is 16.0. The molecular formula is C17H26N4O6. The van der Waals surface area contributed by atoms with Gasteiger partial charge in [0, 0.05) is 44.3 Å². The molecule has 10 heteroatoms. The summed E-state index contributed by atoms with van der Waals surface area (Å²) in [6.45, 7) is 4.36. The number of hydrogen-bond acceptors (Lipinski definition) is 8. The second-order valence-electron chi connectivity index (χ2n) is 6.53. The third-order valence-electron chi connectivity index (χ3n) is 4.73. The van der Waals surface area contributed by atoms with Gasteiger partial charge in [0.1, 0.15) is 23.6 Å². The van der Waals surface area contributed by atoms with Crippen molar-refractivity contribution in [3.8, 4) is 5.75 Å². The van der Waals surface area contributed by atoms with Crippen molar-refractivity contribution in [2.24, 2.45) is 5.73 Å². The molecule has 1 aliphatic heterocycles. The number of nitrogen functional groups attached to an aromatic ring is 1. The molecule has 1 heterocycles. The molecule has 2 rings (SSSR count). The van der Waals surface area contributed by atoms with Crippen LogP contribution in [0.5, 0.6) is 5.75 Å². The van der Waals surface area contributed by atoms with Gasteiger partial charge in [0.15, 0.2) is 0 Å². The van der Waals surface area contributed by atoms with Crippen LogP contribution in [0.3, 0.4) is 0 Å². The van der Waals surface area contributed by atoms with Gasteiger partial charge in [-0.3, -0.25) is 19.8 Å². The van der Waals surface area contributed by atoms with E-state index in [1.807, 2.05) is 4.90 Å². The number of carbonyl (C=O) groups is 1. The van der Waals surface area contributed by atoms with Crippen molar-refractivity contribution in [3.63, 3.8) is 0 Å². The highest BCUT2D eigenvalue weighted by Gasteiger charge is 2.40. The molecule has 10 nitrogen and oxygen atoms in total. The maximum atomic E-state index is 12.3. The molecule has 1 saturated heterocycles. The van der Waals surface area contributed by atoms with Crippen LogP contribution in [-0.4, -0.2) is 67.9 Å². The van der Waals surface area contributed by atoms with Crippen LogP contribution in [-0.2, 0) is 20.7 Å². The first kappa shape index (κ1) is 20.9. The minimum Gasteiger partial charge on any atom is -0.491 e. The molecule has 1 aromatic carbocycles. The highest BCUT2D eigenvalue weighted by atomic mass is 16.6. The number of nitrogens with two attached hydrogens (primary N) is 2. The Bertz CT molecular complexity index is 692. The van der Waals surface area contributed by atoms with Crippen molar-refractivity contribution >= 4 is 17.3 Å². The molecule has 27 heavy (non-hydrogen) atoms. The quantitative estimate of drug-likeness (QED) is 0.269. The lowest BCUT2D eigenvalue weighted by atomic mass is 9.88. The predicted octanol–water partition coefficient (Wildman–Crippen LogP) is 0.321. The van der Waals surface area contributed by atoms with Crippen LogP contribution >= 0.6 is 0 Å². The normalized spacial score (nSPS) is 17.3. The lowest BCUT2D eigenvalue weighted by molar-refractivity contribution is -0.384. The van der Waals surface area contributed by atoms with E-state index in [1.165, 1.54) is 19.2 Å². The average Bonchev–Trinajstić information content (AvgIpc) is 2.64. The van der Waals surface area contributed by atoms with Crippen LogP contribution in [0.25, 0.3) is 0 Å². The summed E-state index contributed by atoms with van der Waals surface area (Å²) in [5.74, 6) is -0.150. The fourth-order valence-corrected chi connectivity index (χ4v) is 3.08. The molecule has 1 unspecified atom stereocenters. The predicted molar refractivity (Wildman–Crippen MR) is 98.6 cm³/mol. The number of nitro benzene ring substituents is 1. The van der Waals surface area contributed by atoms with Gasteiger partial charge in [-0.25, -0.2) is 0 Å². The summed E-state index contributed by atoms with van der Waals surface area (Å²) in [5.41, 5.74) is 10.7. The first-order valence-corrected chi connectivity index (χ1v) is 8.61. The van der Waals surface area contributed by atoms with E-state index in [1.54, 1.807) is 6.92 Å². The highest BCUT2D eigenvalue weighted by molar-refractivity contribution is 5.85.